The van der Waals surface area contributed by atoms with Crippen LogP contribution in [0.5, 0.6) is 0 Å². The van der Waals surface area contributed by atoms with Gasteiger partial charge >= 0.3 is 5.97 Å². The summed E-state index contributed by atoms with van der Waals surface area (Å²) in [5, 5.41) is 0. The molecule has 1 unspecified atom stereocenters. The summed E-state index contributed by atoms with van der Waals surface area (Å²) in [4.78, 5) is 14.5. The molecule has 0 bridgehead atoms. The Bertz CT molecular complexity index is 679. The second-order valence-electron chi connectivity index (χ2n) is 5.68. The van der Waals surface area contributed by atoms with Gasteiger partial charge in [-0.25, -0.2) is 4.79 Å². The minimum atomic E-state index is -0.338. The molecule has 0 aromatic heterocycles. The monoisotopic (exact) mass is 307 g/mol. The molecule has 0 fully saturated rings. The standard InChI is InChI=1S/C20H21NO2/c1-23-20(22)19(18-10-6-3-7-11-18)21-14-12-17(13-15-21)16-8-4-2-5-9-16/h2-12,19H,13-15H2,1H3. The van der Waals surface area contributed by atoms with E-state index in [9.17, 15) is 4.79 Å². The summed E-state index contributed by atoms with van der Waals surface area (Å²) in [7, 11) is 1.45. The molecule has 0 saturated heterocycles. The molecule has 23 heavy (non-hydrogen) atoms. The van der Waals surface area contributed by atoms with Crippen molar-refractivity contribution in [3.63, 3.8) is 0 Å². The van der Waals surface area contributed by atoms with Crippen LogP contribution < -0.4 is 0 Å². The zero-order valence-electron chi connectivity index (χ0n) is 13.3. The average Bonchev–Trinajstić information content (AvgIpc) is 2.64. The van der Waals surface area contributed by atoms with Gasteiger partial charge in [0.2, 0.25) is 0 Å². The number of hydrogen-bond donors (Lipinski definition) is 0. The van der Waals surface area contributed by atoms with E-state index < -0.39 is 0 Å². The highest BCUT2D eigenvalue weighted by atomic mass is 16.5. The predicted octanol–water partition coefficient (Wildman–Crippen LogP) is 3.69. The Kier molecular flexibility index (Phi) is 4.89. The van der Waals surface area contributed by atoms with Gasteiger partial charge in [0.15, 0.2) is 0 Å². The zero-order chi connectivity index (χ0) is 16.1. The van der Waals surface area contributed by atoms with E-state index >= 15 is 0 Å². The summed E-state index contributed by atoms with van der Waals surface area (Å²) in [6.45, 7) is 1.59. The van der Waals surface area contributed by atoms with Crippen LogP contribution in [0.2, 0.25) is 0 Å². The lowest BCUT2D eigenvalue weighted by atomic mass is 9.97. The Morgan fingerprint density at radius 2 is 1.70 bits per heavy atom. The summed E-state index contributed by atoms with van der Waals surface area (Å²) in [6.07, 6.45) is 3.15. The molecular formula is C20H21NO2. The van der Waals surface area contributed by atoms with Crippen LogP contribution in [-0.4, -0.2) is 31.1 Å². The van der Waals surface area contributed by atoms with Crippen molar-refractivity contribution < 1.29 is 9.53 Å². The number of methoxy groups -OCH3 is 1. The molecule has 2 aromatic rings. The van der Waals surface area contributed by atoms with Crippen LogP contribution >= 0.6 is 0 Å². The Hall–Kier alpha value is -2.39. The largest absolute Gasteiger partial charge is 0.468 e. The predicted molar refractivity (Wildman–Crippen MR) is 91.8 cm³/mol. The number of rotatable bonds is 4. The van der Waals surface area contributed by atoms with Gasteiger partial charge in [-0.05, 0) is 23.1 Å². The number of nitrogens with zero attached hydrogens (tertiary/aromatic N) is 1. The third kappa shape index (κ3) is 3.51. The van der Waals surface area contributed by atoms with Crippen LogP contribution in [0.25, 0.3) is 5.57 Å². The lowest BCUT2D eigenvalue weighted by molar-refractivity contribution is -0.147. The fourth-order valence-electron chi connectivity index (χ4n) is 3.08. The van der Waals surface area contributed by atoms with E-state index in [-0.39, 0.29) is 12.0 Å². The number of carbonyl (C=O) groups is 1. The van der Waals surface area contributed by atoms with Crippen LogP contribution in [-0.2, 0) is 9.53 Å². The molecule has 1 heterocycles. The first-order chi connectivity index (χ1) is 11.3. The first kappa shape index (κ1) is 15.5. The third-order valence-electron chi connectivity index (χ3n) is 4.29. The molecule has 0 aliphatic carbocycles. The molecule has 118 valence electrons. The van der Waals surface area contributed by atoms with E-state index in [2.05, 4.69) is 35.2 Å². The number of carbonyl (C=O) groups excluding carboxylic acids is 1. The lowest BCUT2D eigenvalue weighted by Crippen LogP contribution is -2.37. The fourth-order valence-corrected chi connectivity index (χ4v) is 3.08. The van der Waals surface area contributed by atoms with Gasteiger partial charge in [-0.2, -0.15) is 0 Å². The van der Waals surface area contributed by atoms with E-state index in [1.54, 1.807) is 0 Å². The maximum atomic E-state index is 12.3. The van der Waals surface area contributed by atoms with Crippen molar-refractivity contribution >= 4 is 11.5 Å². The Labute approximate surface area is 137 Å². The van der Waals surface area contributed by atoms with Crippen LogP contribution in [0.1, 0.15) is 23.6 Å². The van der Waals surface area contributed by atoms with Crippen LogP contribution in [0.4, 0.5) is 0 Å². The highest BCUT2D eigenvalue weighted by Crippen LogP contribution is 2.28. The SMILES string of the molecule is COC(=O)C(c1ccccc1)N1CC=C(c2ccccc2)CC1. The van der Waals surface area contributed by atoms with E-state index in [1.807, 2.05) is 36.4 Å². The second kappa shape index (κ2) is 7.25. The summed E-state index contributed by atoms with van der Waals surface area (Å²) in [5.41, 5.74) is 3.59. The first-order valence-electron chi connectivity index (χ1n) is 7.91. The zero-order valence-corrected chi connectivity index (χ0v) is 13.3. The number of hydrogen-bond acceptors (Lipinski definition) is 3. The van der Waals surface area contributed by atoms with E-state index in [4.69, 9.17) is 4.74 Å². The van der Waals surface area contributed by atoms with Gasteiger partial charge < -0.3 is 4.74 Å². The van der Waals surface area contributed by atoms with E-state index in [0.29, 0.717) is 0 Å². The maximum Gasteiger partial charge on any atom is 0.327 e. The van der Waals surface area contributed by atoms with E-state index in [1.165, 1.54) is 18.2 Å². The number of benzene rings is 2. The molecule has 3 rings (SSSR count). The highest BCUT2D eigenvalue weighted by Gasteiger charge is 2.29. The topological polar surface area (TPSA) is 29.5 Å². The van der Waals surface area contributed by atoms with Crippen molar-refractivity contribution in [2.75, 3.05) is 20.2 Å². The molecule has 0 spiro atoms. The molecule has 0 radical (unpaired) electrons. The maximum absolute atomic E-state index is 12.3. The van der Waals surface area contributed by atoms with Crippen LogP contribution in [0, 0.1) is 0 Å². The summed E-state index contributed by atoms with van der Waals surface area (Å²) in [5.74, 6) is -0.201. The Balaban J connectivity index is 1.81. The van der Waals surface area contributed by atoms with Gasteiger partial charge in [-0.1, -0.05) is 66.7 Å². The first-order valence-corrected chi connectivity index (χ1v) is 7.91. The van der Waals surface area contributed by atoms with Crippen molar-refractivity contribution in [2.24, 2.45) is 0 Å². The van der Waals surface area contributed by atoms with Gasteiger partial charge in [0.05, 0.1) is 7.11 Å². The van der Waals surface area contributed by atoms with Crippen molar-refractivity contribution in [3.05, 3.63) is 77.9 Å². The molecule has 2 aromatic carbocycles. The third-order valence-corrected chi connectivity index (χ3v) is 4.29. The number of ether oxygens (including phenoxy) is 1. The molecule has 1 aliphatic heterocycles. The molecule has 0 amide bonds. The van der Waals surface area contributed by atoms with Gasteiger partial charge in [-0.3, -0.25) is 4.90 Å². The quantitative estimate of drug-likeness (QED) is 0.807. The molecule has 1 aliphatic rings. The van der Waals surface area contributed by atoms with E-state index in [0.717, 1.165) is 25.1 Å². The van der Waals surface area contributed by atoms with Crippen molar-refractivity contribution in [3.8, 4) is 0 Å². The van der Waals surface area contributed by atoms with Crippen LogP contribution in [0.3, 0.4) is 0 Å². The molecular weight excluding hydrogens is 286 g/mol. The second-order valence-corrected chi connectivity index (χ2v) is 5.68. The normalized spacial score (nSPS) is 16.5. The molecule has 3 heteroatoms. The van der Waals surface area contributed by atoms with Crippen LogP contribution in [0.15, 0.2) is 66.7 Å². The number of esters is 1. The van der Waals surface area contributed by atoms with Gasteiger partial charge in [0.1, 0.15) is 6.04 Å². The van der Waals surface area contributed by atoms with Crippen molar-refractivity contribution in [1.29, 1.82) is 0 Å². The summed E-state index contributed by atoms with van der Waals surface area (Å²) >= 11 is 0. The molecule has 1 atom stereocenters. The highest BCUT2D eigenvalue weighted by molar-refractivity contribution is 5.78. The van der Waals surface area contributed by atoms with Gasteiger partial charge in [-0.15, -0.1) is 0 Å². The molecule has 0 N–H and O–H groups in total. The summed E-state index contributed by atoms with van der Waals surface area (Å²) in [6, 6.07) is 19.9. The Morgan fingerprint density at radius 3 is 2.26 bits per heavy atom. The molecule has 3 nitrogen and oxygen atoms in total. The Morgan fingerprint density at radius 1 is 1.04 bits per heavy atom. The molecule has 0 saturated carbocycles. The van der Waals surface area contributed by atoms with Gasteiger partial charge in [0.25, 0.3) is 0 Å². The smallest absolute Gasteiger partial charge is 0.327 e. The minimum Gasteiger partial charge on any atom is -0.468 e. The lowest BCUT2D eigenvalue weighted by Gasteiger charge is -2.32. The van der Waals surface area contributed by atoms with Gasteiger partial charge in [0, 0.05) is 13.1 Å². The minimum absolute atomic E-state index is 0.201. The fraction of sp³-hybridized carbons (Fsp3) is 0.250. The van der Waals surface area contributed by atoms with Crippen molar-refractivity contribution in [1.82, 2.24) is 4.90 Å². The summed E-state index contributed by atoms with van der Waals surface area (Å²) < 4.78 is 5.03. The average molecular weight is 307 g/mol. The van der Waals surface area contributed by atoms with Crippen molar-refractivity contribution in [2.45, 2.75) is 12.5 Å².